The lowest BCUT2D eigenvalue weighted by molar-refractivity contribution is -0.117. The van der Waals surface area contributed by atoms with Crippen LogP contribution < -0.4 is 5.43 Å². The van der Waals surface area contributed by atoms with Gasteiger partial charge in [-0.3, -0.25) is 9.35 Å². The van der Waals surface area contributed by atoms with E-state index in [2.05, 4.69) is 22.3 Å². The van der Waals surface area contributed by atoms with Gasteiger partial charge in [0.2, 0.25) is 0 Å². The minimum Gasteiger partial charge on any atom is -0.506 e. The Kier molecular flexibility index (Phi) is 5.63. The van der Waals surface area contributed by atoms with E-state index < -0.39 is 26.7 Å². The quantitative estimate of drug-likeness (QED) is 0.315. The highest BCUT2D eigenvalue weighted by Gasteiger charge is 2.15. The molecule has 8 nitrogen and oxygen atoms in total. The summed E-state index contributed by atoms with van der Waals surface area (Å²) in [6.07, 6.45) is 0.353. The summed E-state index contributed by atoms with van der Waals surface area (Å²) in [6, 6.07) is 12.4. The molecule has 0 spiro atoms. The van der Waals surface area contributed by atoms with Gasteiger partial charge in [0.1, 0.15) is 10.6 Å². The van der Waals surface area contributed by atoms with E-state index in [0.717, 1.165) is 17.7 Å². The maximum Gasteiger partial charge on any atom is 0.298 e. The Morgan fingerprint density at radius 2 is 1.84 bits per heavy atom. The Balaban J connectivity index is 1.97. The number of carbonyl (C=O) groups is 1. The van der Waals surface area contributed by atoms with E-state index in [9.17, 15) is 18.3 Å². The predicted octanol–water partition coefficient (Wildman–Crippen LogP) is 2.55. The molecule has 2 rings (SSSR count). The zero-order valence-electron chi connectivity index (χ0n) is 13.0. The number of hydrogen-bond acceptors (Lipinski definition) is 6. The standard InChI is InChI=1S/C16H15N3O5S/c1-11(9-12-5-3-2-4-6-12)16(21)18-19-17-13-7-8-15(14(20)10-13)25(22,23)24/h2-8,10,20H,1,9H2,(H,17,18,21)(H,22,23,24). The molecule has 3 N–H and O–H groups in total. The number of rotatable bonds is 6. The van der Waals surface area contributed by atoms with Crippen LogP contribution in [0.1, 0.15) is 5.56 Å². The van der Waals surface area contributed by atoms with Gasteiger partial charge in [0, 0.05) is 18.1 Å². The molecule has 2 aromatic carbocycles. The first-order valence-corrected chi connectivity index (χ1v) is 8.44. The van der Waals surface area contributed by atoms with Gasteiger partial charge in [0.15, 0.2) is 0 Å². The number of carbonyl (C=O) groups excluding carboxylic acids is 1. The first kappa shape index (κ1) is 18.3. The lowest BCUT2D eigenvalue weighted by Gasteiger charge is -2.04. The van der Waals surface area contributed by atoms with Crippen molar-refractivity contribution in [1.29, 1.82) is 0 Å². The van der Waals surface area contributed by atoms with Gasteiger partial charge in [0.05, 0.1) is 5.69 Å². The fourth-order valence-electron chi connectivity index (χ4n) is 1.92. The van der Waals surface area contributed by atoms with Crippen molar-refractivity contribution in [3.63, 3.8) is 0 Å². The minimum absolute atomic E-state index is 0.0823. The highest BCUT2D eigenvalue weighted by atomic mass is 32.2. The van der Waals surface area contributed by atoms with Crippen LogP contribution >= 0.6 is 0 Å². The van der Waals surface area contributed by atoms with Crippen LogP contribution in [-0.4, -0.2) is 24.0 Å². The van der Waals surface area contributed by atoms with Crippen molar-refractivity contribution in [2.75, 3.05) is 0 Å². The second-order valence-corrected chi connectivity index (χ2v) is 6.42. The predicted molar refractivity (Wildman–Crippen MR) is 89.9 cm³/mol. The smallest absolute Gasteiger partial charge is 0.298 e. The van der Waals surface area contributed by atoms with Crippen LogP contribution in [0, 0.1) is 0 Å². The van der Waals surface area contributed by atoms with Gasteiger partial charge in [-0.25, -0.2) is 5.43 Å². The Labute approximate surface area is 144 Å². The normalized spacial score (nSPS) is 11.4. The monoisotopic (exact) mass is 361 g/mol. The minimum atomic E-state index is -4.53. The summed E-state index contributed by atoms with van der Waals surface area (Å²) in [5.41, 5.74) is 3.48. The van der Waals surface area contributed by atoms with E-state index in [1.54, 1.807) is 0 Å². The van der Waals surface area contributed by atoms with Crippen molar-refractivity contribution in [2.45, 2.75) is 11.3 Å². The summed E-state index contributed by atoms with van der Waals surface area (Å²) < 4.78 is 30.8. The van der Waals surface area contributed by atoms with Gasteiger partial charge in [-0.1, -0.05) is 42.1 Å². The number of phenolic OH excluding ortho intramolecular Hbond substituents is 1. The molecule has 0 atom stereocenters. The van der Waals surface area contributed by atoms with Gasteiger partial charge in [-0.2, -0.15) is 8.42 Å². The Hall–Kier alpha value is -3.04. The second-order valence-electron chi connectivity index (χ2n) is 5.03. The van der Waals surface area contributed by atoms with Crippen LogP contribution in [0.25, 0.3) is 0 Å². The molecule has 130 valence electrons. The molecule has 2 aromatic rings. The molecule has 0 radical (unpaired) electrons. The zero-order chi connectivity index (χ0) is 18.4. The average molecular weight is 361 g/mol. The number of phenols is 1. The number of aromatic hydroxyl groups is 1. The van der Waals surface area contributed by atoms with E-state index in [1.165, 1.54) is 6.07 Å². The molecule has 0 unspecified atom stereocenters. The average Bonchev–Trinajstić information content (AvgIpc) is 2.54. The molecule has 0 heterocycles. The molecule has 0 bridgehead atoms. The SMILES string of the molecule is C=C(Cc1ccccc1)C(=O)NN=Nc1ccc(S(=O)(=O)O)c(O)c1. The number of nitrogens with zero attached hydrogens (tertiary/aromatic N) is 2. The summed E-state index contributed by atoms with van der Waals surface area (Å²) >= 11 is 0. The van der Waals surface area contributed by atoms with E-state index in [0.29, 0.717) is 6.42 Å². The maximum atomic E-state index is 11.9. The van der Waals surface area contributed by atoms with Crippen molar-refractivity contribution in [3.05, 3.63) is 66.2 Å². The topological polar surface area (TPSA) is 128 Å². The van der Waals surface area contributed by atoms with Crippen LogP contribution in [0.2, 0.25) is 0 Å². The molecule has 0 aliphatic carbocycles. The zero-order valence-corrected chi connectivity index (χ0v) is 13.8. The third kappa shape index (κ3) is 5.23. The molecule has 0 saturated carbocycles. The van der Waals surface area contributed by atoms with Gasteiger partial charge < -0.3 is 5.11 Å². The molecule has 0 fully saturated rings. The van der Waals surface area contributed by atoms with Crippen LogP contribution in [0.5, 0.6) is 5.75 Å². The van der Waals surface area contributed by atoms with Gasteiger partial charge >= 0.3 is 0 Å². The van der Waals surface area contributed by atoms with E-state index >= 15 is 0 Å². The Morgan fingerprint density at radius 1 is 1.16 bits per heavy atom. The summed E-state index contributed by atoms with van der Waals surface area (Å²) in [5.74, 6) is -1.20. The Morgan fingerprint density at radius 3 is 2.44 bits per heavy atom. The number of hydrogen-bond donors (Lipinski definition) is 3. The summed E-state index contributed by atoms with van der Waals surface area (Å²) in [6.45, 7) is 3.68. The lowest BCUT2D eigenvalue weighted by Crippen LogP contribution is -2.19. The van der Waals surface area contributed by atoms with Gasteiger partial charge in [-0.15, -0.1) is 5.11 Å². The van der Waals surface area contributed by atoms with E-state index in [1.807, 2.05) is 30.3 Å². The summed E-state index contributed by atoms with van der Waals surface area (Å²) in [4.78, 5) is 11.2. The highest BCUT2D eigenvalue weighted by Crippen LogP contribution is 2.27. The van der Waals surface area contributed by atoms with Crippen LogP contribution in [0.3, 0.4) is 0 Å². The maximum absolute atomic E-state index is 11.9. The van der Waals surface area contributed by atoms with Crippen molar-refractivity contribution in [2.24, 2.45) is 10.3 Å². The van der Waals surface area contributed by atoms with Crippen LogP contribution in [0.15, 0.2) is 75.9 Å². The fraction of sp³-hybridized carbons (Fsp3) is 0.0625. The molecular formula is C16H15N3O5S. The number of nitrogens with one attached hydrogen (secondary N) is 1. The second kappa shape index (κ2) is 7.69. The third-order valence-electron chi connectivity index (χ3n) is 3.12. The molecule has 25 heavy (non-hydrogen) atoms. The fourth-order valence-corrected chi connectivity index (χ4v) is 2.48. The Bertz CT molecular complexity index is 924. The van der Waals surface area contributed by atoms with Crippen molar-refractivity contribution in [3.8, 4) is 5.75 Å². The van der Waals surface area contributed by atoms with Gasteiger partial charge in [-0.05, 0) is 17.7 Å². The van der Waals surface area contributed by atoms with Crippen molar-refractivity contribution >= 4 is 21.7 Å². The number of benzene rings is 2. The third-order valence-corrected chi connectivity index (χ3v) is 4.02. The molecule has 9 heteroatoms. The molecule has 0 aromatic heterocycles. The number of amides is 1. The van der Waals surface area contributed by atoms with Crippen LogP contribution in [0.4, 0.5) is 5.69 Å². The first-order chi connectivity index (χ1) is 11.8. The highest BCUT2D eigenvalue weighted by molar-refractivity contribution is 7.86. The summed E-state index contributed by atoms with van der Waals surface area (Å²) in [7, 11) is -4.53. The first-order valence-electron chi connectivity index (χ1n) is 7.00. The van der Waals surface area contributed by atoms with Crippen LogP contribution in [-0.2, 0) is 21.3 Å². The van der Waals surface area contributed by atoms with E-state index in [-0.39, 0.29) is 11.3 Å². The molecule has 1 amide bonds. The van der Waals surface area contributed by atoms with Gasteiger partial charge in [0.25, 0.3) is 16.0 Å². The largest absolute Gasteiger partial charge is 0.506 e. The summed E-state index contributed by atoms with van der Waals surface area (Å²) in [5, 5.41) is 16.7. The lowest BCUT2D eigenvalue weighted by atomic mass is 10.1. The molecule has 0 saturated heterocycles. The molecule has 0 aliphatic heterocycles. The van der Waals surface area contributed by atoms with Crippen molar-refractivity contribution < 1.29 is 22.9 Å². The van der Waals surface area contributed by atoms with E-state index in [4.69, 9.17) is 4.55 Å². The van der Waals surface area contributed by atoms with Crippen molar-refractivity contribution in [1.82, 2.24) is 5.43 Å². The molecular weight excluding hydrogens is 346 g/mol. The molecule has 0 aliphatic rings.